The summed E-state index contributed by atoms with van der Waals surface area (Å²) in [6.07, 6.45) is 0.857. The van der Waals surface area contributed by atoms with E-state index in [1.165, 1.54) is 5.56 Å². The van der Waals surface area contributed by atoms with Gasteiger partial charge in [0.1, 0.15) is 0 Å². The van der Waals surface area contributed by atoms with Crippen molar-refractivity contribution in [3.63, 3.8) is 0 Å². The largest absolute Gasteiger partial charge is 0.493 e. The van der Waals surface area contributed by atoms with Crippen molar-refractivity contribution in [2.75, 3.05) is 28.4 Å². The fraction of sp³-hybridized carbons (Fsp3) is 0.455. The van der Waals surface area contributed by atoms with E-state index < -0.39 is 0 Å². The van der Waals surface area contributed by atoms with Crippen LogP contribution >= 0.6 is 0 Å². The lowest BCUT2D eigenvalue weighted by molar-refractivity contribution is -0.0224. The van der Waals surface area contributed by atoms with Crippen LogP contribution in [0.3, 0.4) is 0 Å². The second-order valence-electron chi connectivity index (χ2n) is 7.23. The van der Waals surface area contributed by atoms with Gasteiger partial charge in [-0.1, -0.05) is 12.1 Å². The molecule has 27 heavy (non-hydrogen) atoms. The maximum Gasteiger partial charge on any atom is 0.161 e. The second kappa shape index (κ2) is 7.69. The molecule has 0 radical (unpaired) electrons. The summed E-state index contributed by atoms with van der Waals surface area (Å²) in [7, 11) is 6.59. The third-order valence-corrected chi connectivity index (χ3v) is 5.32. The summed E-state index contributed by atoms with van der Waals surface area (Å²) in [5.41, 5.74) is 1.96. The average Bonchev–Trinajstić information content (AvgIpc) is 3.01. The van der Waals surface area contributed by atoms with E-state index in [0.29, 0.717) is 5.75 Å². The maximum absolute atomic E-state index is 6.44. The van der Waals surface area contributed by atoms with Crippen molar-refractivity contribution in [3.05, 3.63) is 47.5 Å². The molecular weight excluding hydrogens is 344 g/mol. The quantitative estimate of drug-likeness (QED) is 0.733. The smallest absolute Gasteiger partial charge is 0.161 e. The third kappa shape index (κ3) is 3.69. The molecule has 5 heteroatoms. The summed E-state index contributed by atoms with van der Waals surface area (Å²) in [5.74, 6) is 3.13. The van der Waals surface area contributed by atoms with Crippen LogP contribution in [0.15, 0.2) is 36.4 Å². The molecule has 2 unspecified atom stereocenters. The van der Waals surface area contributed by atoms with Gasteiger partial charge < -0.3 is 23.7 Å². The Hall–Kier alpha value is -2.40. The van der Waals surface area contributed by atoms with E-state index in [-0.39, 0.29) is 17.6 Å². The van der Waals surface area contributed by atoms with Gasteiger partial charge in [-0.05, 0) is 55.7 Å². The summed E-state index contributed by atoms with van der Waals surface area (Å²) < 4.78 is 28.1. The molecule has 0 spiro atoms. The number of hydrogen-bond donors (Lipinski definition) is 0. The van der Waals surface area contributed by atoms with Crippen LogP contribution in [0.4, 0.5) is 0 Å². The van der Waals surface area contributed by atoms with Crippen LogP contribution in [0.2, 0.25) is 0 Å². The summed E-state index contributed by atoms with van der Waals surface area (Å²) >= 11 is 0. The fourth-order valence-electron chi connectivity index (χ4n) is 3.86. The molecule has 2 aromatic rings. The standard InChI is InChI=1S/C22H28O5/c1-22(2)16(14-7-9-17(23-3)20(11-14)25-5)13-19(27-22)15-8-10-18(24-4)21(12-15)26-6/h7-12,16,19H,13H2,1-6H3. The van der Waals surface area contributed by atoms with Crippen molar-refractivity contribution in [2.24, 2.45) is 0 Å². The highest BCUT2D eigenvalue weighted by molar-refractivity contribution is 5.46. The van der Waals surface area contributed by atoms with Gasteiger partial charge in [-0.15, -0.1) is 0 Å². The molecule has 0 aliphatic carbocycles. The maximum atomic E-state index is 6.44. The molecule has 0 saturated carbocycles. The van der Waals surface area contributed by atoms with Crippen molar-refractivity contribution < 1.29 is 23.7 Å². The molecule has 0 amide bonds. The fourth-order valence-corrected chi connectivity index (χ4v) is 3.86. The first kappa shape index (κ1) is 19.4. The van der Waals surface area contributed by atoms with E-state index in [9.17, 15) is 0 Å². The van der Waals surface area contributed by atoms with E-state index in [4.69, 9.17) is 23.7 Å². The Morgan fingerprint density at radius 1 is 0.741 bits per heavy atom. The van der Waals surface area contributed by atoms with E-state index in [0.717, 1.165) is 29.2 Å². The number of benzene rings is 2. The number of hydrogen-bond acceptors (Lipinski definition) is 5. The lowest BCUT2D eigenvalue weighted by Gasteiger charge is -2.27. The Labute approximate surface area is 161 Å². The van der Waals surface area contributed by atoms with E-state index >= 15 is 0 Å². The molecule has 0 N–H and O–H groups in total. The van der Waals surface area contributed by atoms with Crippen LogP contribution in [0.25, 0.3) is 0 Å². The van der Waals surface area contributed by atoms with Gasteiger partial charge >= 0.3 is 0 Å². The Balaban J connectivity index is 1.90. The molecule has 2 atom stereocenters. The Bertz CT molecular complexity index is 799. The lowest BCUT2D eigenvalue weighted by Crippen LogP contribution is -2.25. The zero-order valence-corrected chi connectivity index (χ0v) is 16.9. The summed E-state index contributed by atoms with van der Waals surface area (Å²) in [6, 6.07) is 12.1. The highest BCUT2D eigenvalue weighted by atomic mass is 16.5. The Morgan fingerprint density at radius 2 is 1.22 bits per heavy atom. The molecule has 1 fully saturated rings. The number of ether oxygens (including phenoxy) is 5. The molecule has 5 nitrogen and oxygen atoms in total. The van der Waals surface area contributed by atoms with Gasteiger partial charge in [0.25, 0.3) is 0 Å². The topological polar surface area (TPSA) is 46.2 Å². The zero-order chi connectivity index (χ0) is 19.6. The molecule has 1 aliphatic heterocycles. The van der Waals surface area contributed by atoms with Crippen molar-refractivity contribution in [2.45, 2.75) is 37.9 Å². The second-order valence-corrected chi connectivity index (χ2v) is 7.23. The number of rotatable bonds is 6. The van der Waals surface area contributed by atoms with Gasteiger partial charge in [0.2, 0.25) is 0 Å². The van der Waals surface area contributed by atoms with Crippen LogP contribution in [0.1, 0.15) is 43.4 Å². The van der Waals surface area contributed by atoms with E-state index in [1.807, 2.05) is 30.3 Å². The van der Waals surface area contributed by atoms with Crippen LogP contribution in [0, 0.1) is 0 Å². The summed E-state index contributed by atoms with van der Waals surface area (Å²) in [4.78, 5) is 0. The average molecular weight is 372 g/mol. The molecule has 0 bridgehead atoms. The van der Waals surface area contributed by atoms with Crippen LogP contribution < -0.4 is 18.9 Å². The normalized spacial score (nSPS) is 21.0. The molecule has 1 aliphatic rings. The van der Waals surface area contributed by atoms with Gasteiger partial charge in [-0.2, -0.15) is 0 Å². The first-order chi connectivity index (χ1) is 12.9. The molecule has 1 saturated heterocycles. The minimum atomic E-state index is -0.308. The number of methoxy groups -OCH3 is 4. The van der Waals surface area contributed by atoms with Gasteiger partial charge in [0.05, 0.1) is 40.1 Å². The zero-order valence-electron chi connectivity index (χ0n) is 16.9. The molecule has 2 aromatic carbocycles. The summed E-state index contributed by atoms with van der Waals surface area (Å²) in [6.45, 7) is 4.27. The summed E-state index contributed by atoms with van der Waals surface area (Å²) in [5, 5.41) is 0. The van der Waals surface area contributed by atoms with Gasteiger partial charge in [-0.3, -0.25) is 0 Å². The van der Waals surface area contributed by atoms with Crippen molar-refractivity contribution in [1.29, 1.82) is 0 Å². The predicted octanol–water partition coefficient (Wildman–Crippen LogP) is 4.74. The van der Waals surface area contributed by atoms with Crippen LogP contribution in [-0.4, -0.2) is 34.0 Å². The molecule has 146 valence electrons. The van der Waals surface area contributed by atoms with Crippen LogP contribution in [-0.2, 0) is 4.74 Å². The lowest BCUT2D eigenvalue weighted by atomic mass is 9.83. The predicted molar refractivity (Wildman–Crippen MR) is 104 cm³/mol. The van der Waals surface area contributed by atoms with Crippen molar-refractivity contribution in [3.8, 4) is 23.0 Å². The minimum absolute atomic E-state index is 0.0158. The highest BCUT2D eigenvalue weighted by Gasteiger charge is 2.43. The monoisotopic (exact) mass is 372 g/mol. The van der Waals surface area contributed by atoms with Crippen molar-refractivity contribution in [1.82, 2.24) is 0 Å². The van der Waals surface area contributed by atoms with Gasteiger partial charge in [-0.25, -0.2) is 0 Å². The SMILES string of the molecule is COc1ccc(C2CC(c3ccc(OC)c(OC)c3)C(C)(C)O2)cc1OC. The third-order valence-electron chi connectivity index (χ3n) is 5.32. The molecule has 0 aromatic heterocycles. The Morgan fingerprint density at radius 3 is 1.74 bits per heavy atom. The van der Waals surface area contributed by atoms with E-state index in [2.05, 4.69) is 19.9 Å². The van der Waals surface area contributed by atoms with Gasteiger partial charge in [0.15, 0.2) is 23.0 Å². The molecule has 3 rings (SSSR count). The van der Waals surface area contributed by atoms with Crippen LogP contribution in [0.5, 0.6) is 23.0 Å². The Kier molecular flexibility index (Phi) is 5.51. The van der Waals surface area contributed by atoms with Gasteiger partial charge in [0, 0.05) is 5.92 Å². The molecular formula is C22H28O5. The molecule has 1 heterocycles. The first-order valence-corrected chi connectivity index (χ1v) is 9.05. The van der Waals surface area contributed by atoms with E-state index in [1.54, 1.807) is 28.4 Å². The minimum Gasteiger partial charge on any atom is -0.493 e. The highest BCUT2D eigenvalue weighted by Crippen LogP contribution is 2.50. The van der Waals surface area contributed by atoms with Crippen molar-refractivity contribution >= 4 is 0 Å². The first-order valence-electron chi connectivity index (χ1n) is 9.05.